The lowest BCUT2D eigenvalue weighted by atomic mass is 10.2. The van der Waals surface area contributed by atoms with Crippen LogP contribution in [-0.4, -0.2) is 15.9 Å². The summed E-state index contributed by atoms with van der Waals surface area (Å²) in [7, 11) is 1.57. The van der Waals surface area contributed by atoms with Gasteiger partial charge >= 0.3 is 0 Å². The molecule has 0 aliphatic heterocycles. The zero-order chi connectivity index (χ0) is 9.68. The average Bonchev–Trinajstić information content (AvgIpc) is 2.15. The third-order valence-electron chi connectivity index (χ3n) is 1.37. The van der Waals surface area contributed by atoms with Gasteiger partial charge in [0.1, 0.15) is 5.75 Å². The predicted octanol–water partition coefficient (Wildman–Crippen LogP) is 1.23. The van der Waals surface area contributed by atoms with E-state index in [0.29, 0.717) is 5.56 Å². The van der Waals surface area contributed by atoms with Gasteiger partial charge in [-0.2, -0.15) is 0 Å². The van der Waals surface area contributed by atoms with E-state index in [2.05, 4.69) is 11.2 Å². The van der Waals surface area contributed by atoms with Gasteiger partial charge in [-0.1, -0.05) is 5.92 Å². The highest BCUT2D eigenvalue weighted by Gasteiger charge is 1.89. The fraction of sp³-hybridized carbons (Fsp3) is 0.111. The molecule has 13 heavy (non-hydrogen) atoms. The van der Waals surface area contributed by atoms with Crippen molar-refractivity contribution in [1.82, 2.24) is 0 Å². The molecule has 0 fully saturated rings. The molecule has 0 saturated heterocycles. The molecule has 68 valence electrons. The largest absolute Gasteiger partial charge is 0.497 e. The molecule has 0 amide bonds. The third kappa shape index (κ3) is 3.28. The Morgan fingerprint density at radius 2 is 2.00 bits per heavy atom. The molecular weight excluding hydrogens is 188 g/mol. The van der Waals surface area contributed by atoms with E-state index in [1.807, 2.05) is 0 Å². The van der Waals surface area contributed by atoms with Crippen LogP contribution >= 0.6 is 0 Å². The minimum absolute atomic E-state index is 0.684. The zero-order valence-corrected chi connectivity index (χ0v) is 7.80. The third-order valence-corrected chi connectivity index (χ3v) is 1.65. The Bertz CT molecular complexity index is 359. The summed E-state index contributed by atoms with van der Waals surface area (Å²) in [5, 5.41) is 2.14. The SMILES string of the molecule is COc1ccc(C#CS(=O)O)cc1. The number of hydrogen-bond donors (Lipinski definition) is 1. The molecule has 0 saturated carbocycles. The number of methoxy groups -OCH3 is 1. The number of hydrogen-bond acceptors (Lipinski definition) is 2. The molecule has 0 aromatic heterocycles. The van der Waals surface area contributed by atoms with E-state index in [1.54, 1.807) is 31.4 Å². The highest BCUT2D eigenvalue weighted by atomic mass is 32.2. The molecule has 0 heterocycles. The quantitative estimate of drug-likeness (QED) is 0.542. The van der Waals surface area contributed by atoms with Crippen LogP contribution < -0.4 is 4.74 Å². The molecule has 0 spiro atoms. The minimum atomic E-state index is -2.07. The first-order chi connectivity index (χ1) is 6.22. The lowest BCUT2D eigenvalue weighted by Crippen LogP contribution is -1.82. The molecular formula is C9H8O3S. The van der Waals surface area contributed by atoms with Gasteiger partial charge in [0.2, 0.25) is 11.1 Å². The second-order valence-corrected chi connectivity index (χ2v) is 2.91. The van der Waals surface area contributed by atoms with E-state index in [1.165, 1.54) is 0 Å². The summed E-state index contributed by atoms with van der Waals surface area (Å²) in [4.78, 5) is 0. The first-order valence-corrected chi connectivity index (χ1v) is 4.59. The van der Waals surface area contributed by atoms with Gasteiger partial charge in [0.05, 0.1) is 7.11 Å². The van der Waals surface area contributed by atoms with Crippen molar-refractivity contribution >= 4 is 11.1 Å². The van der Waals surface area contributed by atoms with Gasteiger partial charge in [0.25, 0.3) is 0 Å². The maximum atomic E-state index is 10.2. The predicted molar refractivity (Wildman–Crippen MR) is 50.6 cm³/mol. The Kier molecular flexibility index (Phi) is 3.50. The number of ether oxygens (including phenoxy) is 1. The molecule has 1 unspecified atom stereocenters. The van der Waals surface area contributed by atoms with Crippen molar-refractivity contribution in [3.8, 4) is 16.9 Å². The van der Waals surface area contributed by atoms with Crippen LogP contribution in [0.1, 0.15) is 5.56 Å². The van der Waals surface area contributed by atoms with Gasteiger partial charge < -0.3 is 4.74 Å². The number of rotatable bonds is 1. The lowest BCUT2D eigenvalue weighted by molar-refractivity contribution is 0.415. The second-order valence-electron chi connectivity index (χ2n) is 2.20. The van der Waals surface area contributed by atoms with Crippen molar-refractivity contribution in [2.45, 2.75) is 0 Å². The first-order valence-electron chi connectivity index (χ1n) is 3.49. The van der Waals surface area contributed by atoms with Crippen LogP contribution in [0.15, 0.2) is 24.3 Å². The van der Waals surface area contributed by atoms with Crippen LogP contribution in [0.5, 0.6) is 5.75 Å². The molecule has 1 N–H and O–H groups in total. The van der Waals surface area contributed by atoms with Crippen LogP contribution in [0, 0.1) is 11.2 Å². The maximum absolute atomic E-state index is 10.2. The molecule has 0 aliphatic carbocycles. The van der Waals surface area contributed by atoms with Gasteiger partial charge in [-0.05, 0) is 24.3 Å². The van der Waals surface area contributed by atoms with Crippen molar-refractivity contribution < 1.29 is 13.5 Å². The summed E-state index contributed by atoms with van der Waals surface area (Å²) < 4.78 is 23.5. The Morgan fingerprint density at radius 3 is 2.46 bits per heavy atom. The minimum Gasteiger partial charge on any atom is -0.497 e. The molecule has 4 heteroatoms. The van der Waals surface area contributed by atoms with Crippen molar-refractivity contribution in [2.24, 2.45) is 0 Å². The fourth-order valence-electron chi connectivity index (χ4n) is 0.777. The van der Waals surface area contributed by atoms with E-state index >= 15 is 0 Å². The van der Waals surface area contributed by atoms with Crippen molar-refractivity contribution in [3.63, 3.8) is 0 Å². The van der Waals surface area contributed by atoms with Crippen molar-refractivity contribution in [2.75, 3.05) is 7.11 Å². The summed E-state index contributed by atoms with van der Waals surface area (Å²) in [5.74, 6) is 3.27. The van der Waals surface area contributed by atoms with Crippen molar-refractivity contribution in [3.05, 3.63) is 29.8 Å². The Hall–Kier alpha value is -1.31. The first kappa shape index (κ1) is 9.78. The molecule has 1 aromatic carbocycles. The number of benzene rings is 1. The van der Waals surface area contributed by atoms with E-state index in [0.717, 1.165) is 5.75 Å². The lowest BCUT2D eigenvalue weighted by Gasteiger charge is -1.96. The summed E-state index contributed by atoms with van der Waals surface area (Å²) in [6, 6.07) is 6.92. The summed E-state index contributed by atoms with van der Waals surface area (Å²) in [6.45, 7) is 0. The van der Waals surface area contributed by atoms with Gasteiger partial charge in [0.15, 0.2) is 0 Å². The van der Waals surface area contributed by atoms with E-state index in [4.69, 9.17) is 9.29 Å². The molecule has 3 nitrogen and oxygen atoms in total. The monoisotopic (exact) mass is 196 g/mol. The van der Waals surface area contributed by atoms with Gasteiger partial charge in [-0.15, -0.1) is 0 Å². The topological polar surface area (TPSA) is 46.5 Å². The van der Waals surface area contributed by atoms with E-state index < -0.39 is 11.1 Å². The van der Waals surface area contributed by atoms with Gasteiger partial charge in [-0.3, -0.25) is 4.55 Å². The van der Waals surface area contributed by atoms with Gasteiger partial charge in [0, 0.05) is 10.8 Å². The van der Waals surface area contributed by atoms with Crippen LogP contribution in [-0.2, 0) is 11.1 Å². The van der Waals surface area contributed by atoms with Crippen molar-refractivity contribution in [1.29, 1.82) is 0 Å². The zero-order valence-electron chi connectivity index (χ0n) is 6.98. The molecule has 1 rings (SSSR count). The normalized spacial score (nSPS) is 11.2. The second kappa shape index (κ2) is 4.65. The van der Waals surface area contributed by atoms with E-state index in [9.17, 15) is 4.21 Å². The summed E-state index contributed by atoms with van der Waals surface area (Å²) in [5.41, 5.74) is 0.684. The average molecular weight is 196 g/mol. The summed E-state index contributed by atoms with van der Waals surface area (Å²) in [6.07, 6.45) is 0. The molecule has 0 aliphatic rings. The fourth-order valence-corrected chi connectivity index (χ4v) is 0.982. The summed E-state index contributed by atoms with van der Waals surface area (Å²) >= 11 is -2.07. The molecule has 0 radical (unpaired) electrons. The van der Waals surface area contributed by atoms with Crippen LogP contribution in [0.4, 0.5) is 0 Å². The van der Waals surface area contributed by atoms with Crippen LogP contribution in [0.25, 0.3) is 0 Å². The van der Waals surface area contributed by atoms with Crippen LogP contribution in [0.3, 0.4) is 0 Å². The Balaban J connectivity index is 2.83. The maximum Gasteiger partial charge on any atom is 0.234 e. The van der Waals surface area contributed by atoms with Crippen LogP contribution in [0.2, 0.25) is 0 Å². The Labute approximate surface area is 79.0 Å². The van der Waals surface area contributed by atoms with E-state index in [-0.39, 0.29) is 0 Å². The molecule has 1 aromatic rings. The van der Waals surface area contributed by atoms with Gasteiger partial charge in [-0.25, -0.2) is 4.21 Å². The standard InChI is InChI=1S/C9H8O3S/c1-12-9-4-2-8(3-5-9)6-7-13(10)11/h2-5H,1H3,(H,10,11). The highest BCUT2D eigenvalue weighted by molar-refractivity contribution is 7.84. The Morgan fingerprint density at radius 1 is 1.38 bits per heavy atom. The molecule has 0 bridgehead atoms. The highest BCUT2D eigenvalue weighted by Crippen LogP contribution is 2.09. The smallest absolute Gasteiger partial charge is 0.234 e. The molecule has 1 atom stereocenters.